The molecule has 0 saturated carbocycles. The molecule has 3 rings (SSSR count). The minimum atomic E-state index is -4.08. The van der Waals surface area contributed by atoms with E-state index >= 15 is 0 Å². The summed E-state index contributed by atoms with van der Waals surface area (Å²) in [5, 5.41) is 4.32. The van der Waals surface area contributed by atoms with Crippen molar-refractivity contribution in [3.8, 4) is 11.5 Å². The molecule has 0 fully saturated rings. The highest BCUT2D eigenvalue weighted by Gasteiger charge is 2.27. The number of hydrogen-bond acceptors (Lipinski definition) is 6. The Bertz CT molecular complexity index is 1300. The summed E-state index contributed by atoms with van der Waals surface area (Å²) in [4.78, 5) is 12.7. The molecule has 0 bridgehead atoms. The molecule has 0 aromatic heterocycles. The Morgan fingerprint density at radius 2 is 1.68 bits per heavy atom. The number of benzene rings is 3. The zero-order chi connectivity index (χ0) is 24.7. The van der Waals surface area contributed by atoms with Crippen LogP contribution in [0.3, 0.4) is 0 Å². The van der Waals surface area contributed by atoms with Gasteiger partial charge >= 0.3 is 0 Å². The van der Waals surface area contributed by atoms with Gasteiger partial charge in [0.25, 0.3) is 15.9 Å². The fraction of sp³-hybridized carbons (Fsp3) is 0.130. The van der Waals surface area contributed by atoms with E-state index < -0.39 is 22.5 Å². The lowest BCUT2D eigenvalue weighted by Crippen LogP contribution is -2.39. The first-order valence-electron chi connectivity index (χ1n) is 9.83. The average Bonchev–Trinajstić information content (AvgIpc) is 2.84. The molecular formula is C23H21Cl2N3O5S. The summed E-state index contributed by atoms with van der Waals surface area (Å²) in [5.74, 6) is 0.381. The zero-order valence-corrected chi connectivity index (χ0v) is 20.6. The minimum absolute atomic E-state index is 0.0164. The predicted molar refractivity (Wildman–Crippen MR) is 133 cm³/mol. The third-order valence-corrected chi connectivity index (χ3v) is 7.15. The number of rotatable bonds is 9. The lowest BCUT2D eigenvalue weighted by atomic mass is 10.2. The Morgan fingerprint density at radius 1 is 0.971 bits per heavy atom. The quantitative estimate of drug-likeness (QED) is 0.333. The number of nitrogens with zero attached hydrogens (tertiary/aromatic N) is 2. The minimum Gasteiger partial charge on any atom is -0.493 e. The van der Waals surface area contributed by atoms with Crippen LogP contribution < -0.4 is 19.2 Å². The summed E-state index contributed by atoms with van der Waals surface area (Å²) in [7, 11) is -1.06. The molecule has 0 unspecified atom stereocenters. The Hall–Kier alpha value is -3.27. The fourth-order valence-electron chi connectivity index (χ4n) is 2.95. The van der Waals surface area contributed by atoms with Gasteiger partial charge in [0.1, 0.15) is 6.54 Å². The Morgan fingerprint density at radius 3 is 2.32 bits per heavy atom. The van der Waals surface area contributed by atoms with E-state index in [0.29, 0.717) is 17.1 Å². The standard InChI is InChI=1S/C23H21Cl2N3O5S/c1-32-21-11-8-16(12-22(21)33-2)14-26-27-23(29)15-28(17-9-10-19(24)20(25)13-17)34(30,31)18-6-4-3-5-7-18/h3-14H,15H2,1-2H3,(H,27,29)/b26-14-. The second-order valence-electron chi connectivity index (χ2n) is 6.83. The number of halogens is 2. The van der Waals surface area contributed by atoms with Crippen LogP contribution in [0.25, 0.3) is 0 Å². The summed E-state index contributed by atoms with van der Waals surface area (Å²) < 4.78 is 37.9. The molecule has 0 atom stereocenters. The highest BCUT2D eigenvalue weighted by molar-refractivity contribution is 7.92. The van der Waals surface area contributed by atoms with Crippen LogP contribution in [0.15, 0.2) is 76.7 Å². The van der Waals surface area contributed by atoms with Crippen LogP contribution in [0.4, 0.5) is 5.69 Å². The number of carbonyl (C=O) groups is 1. The average molecular weight is 522 g/mol. The highest BCUT2D eigenvalue weighted by atomic mass is 35.5. The van der Waals surface area contributed by atoms with Crippen LogP contribution in [0, 0.1) is 0 Å². The van der Waals surface area contributed by atoms with Gasteiger partial charge in [-0.15, -0.1) is 0 Å². The van der Waals surface area contributed by atoms with Crippen LogP contribution in [0.5, 0.6) is 11.5 Å². The molecule has 0 spiro atoms. The van der Waals surface area contributed by atoms with Crippen molar-refractivity contribution < 1.29 is 22.7 Å². The van der Waals surface area contributed by atoms with Crippen molar-refractivity contribution in [2.24, 2.45) is 5.10 Å². The molecule has 3 aromatic rings. The van der Waals surface area contributed by atoms with Gasteiger partial charge in [0, 0.05) is 0 Å². The molecule has 1 amide bonds. The SMILES string of the molecule is COc1ccc(/C=N\NC(=O)CN(c2ccc(Cl)c(Cl)c2)S(=O)(=O)c2ccccc2)cc1OC. The topological polar surface area (TPSA) is 97.3 Å². The number of hydrazone groups is 1. The van der Waals surface area contributed by atoms with Gasteiger partial charge in [-0.25, -0.2) is 13.8 Å². The molecule has 0 aliphatic heterocycles. The third kappa shape index (κ3) is 5.99. The molecule has 0 saturated heterocycles. The zero-order valence-electron chi connectivity index (χ0n) is 18.2. The number of ether oxygens (including phenoxy) is 2. The van der Waals surface area contributed by atoms with Gasteiger partial charge in [-0.3, -0.25) is 9.10 Å². The van der Waals surface area contributed by atoms with Crippen molar-refractivity contribution in [3.05, 3.63) is 82.3 Å². The number of nitrogens with one attached hydrogen (secondary N) is 1. The molecule has 3 aromatic carbocycles. The smallest absolute Gasteiger partial charge is 0.264 e. The first-order valence-corrected chi connectivity index (χ1v) is 12.0. The molecule has 0 aliphatic carbocycles. The van der Waals surface area contributed by atoms with Crippen LogP contribution in [-0.4, -0.2) is 41.3 Å². The van der Waals surface area contributed by atoms with Gasteiger partial charge in [0.15, 0.2) is 11.5 Å². The van der Waals surface area contributed by atoms with Gasteiger partial charge in [0.2, 0.25) is 0 Å². The first-order chi connectivity index (χ1) is 16.3. The summed E-state index contributed by atoms with van der Waals surface area (Å²) in [6, 6.07) is 17.1. The lowest BCUT2D eigenvalue weighted by molar-refractivity contribution is -0.119. The Labute approximate surface area is 207 Å². The molecule has 178 valence electrons. The molecule has 11 heteroatoms. The highest BCUT2D eigenvalue weighted by Crippen LogP contribution is 2.30. The van der Waals surface area contributed by atoms with Gasteiger partial charge in [-0.2, -0.15) is 5.10 Å². The number of anilines is 1. The first kappa shape index (κ1) is 25.4. The van der Waals surface area contributed by atoms with E-state index in [9.17, 15) is 13.2 Å². The normalized spacial score (nSPS) is 11.3. The van der Waals surface area contributed by atoms with Gasteiger partial charge < -0.3 is 9.47 Å². The number of amides is 1. The van der Waals surface area contributed by atoms with Crippen LogP contribution >= 0.6 is 23.2 Å². The summed E-state index contributed by atoms with van der Waals surface area (Å²) in [6.45, 7) is -0.543. The van der Waals surface area contributed by atoms with Crippen LogP contribution in [-0.2, 0) is 14.8 Å². The van der Waals surface area contributed by atoms with Crippen molar-refractivity contribution in [2.45, 2.75) is 4.90 Å². The van der Waals surface area contributed by atoms with E-state index in [-0.39, 0.29) is 20.6 Å². The van der Waals surface area contributed by atoms with E-state index in [1.165, 1.54) is 50.8 Å². The monoisotopic (exact) mass is 521 g/mol. The molecule has 0 radical (unpaired) electrons. The number of methoxy groups -OCH3 is 2. The van der Waals surface area contributed by atoms with E-state index in [2.05, 4.69) is 10.5 Å². The van der Waals surface area contributed by atoms with Crippen molar-refractivity contribution >= 4 is 51.0 Å². The second kappa shape index (κ2) is 11.2. The second-order valence-corrected chi connectivity index (χ2v) is 9.51. The van der Waals surface area contributed by atoms with Crippen LogP contribution in [0.1, 0.15) is 5.56 Å². The van der Waals surface area contributed by atoms with E-state index in [0.717, 1.165) is 4.31 Å². The van der Waals surface area contributed by atoms with Gasteiger partial charge in [-0.1, -0.05) is 41.4 Å². The maximum Gasteiger partial charge on any atom is 0.264 e. The Balaban J connectivity index is 1.83. The lowest BCUT2D eigenvalue weighted by Gasteiger charge is -2.24. The van der Waals surface area contributed by atoms with Crippen molar-refractivity contribution in [3.63, 3.8) is 0 Å². The van der Waals surface area contributed by atoms with E-state index in [1.54, 1.807) is 36.4 Å². The molecule has 0 heterocycles. The predicted octanol–water partition coefficient (Wildman–Crippen LogP) is 4.36. The van der Waals surface area contributed by atoms with Gasteiger partial charge in [-0.05, 0) is 54.1 Å². The largest absolute Gasteiger partial charge is 0.493 e. The van der Waals surface area contributed by atoms with Crippen LogP contribution in [0.2, 0.25) is 10.0 Å². The molecule has 1 N–H and O–H groups in total. The molecule has 8 nitrogen and oxygen atoms in total. The number of carbonyl (C=O) groups excluding carboxylic acids is 1. The molecular weight excluding hydrogens is 501 g/mol. The van der Waals surface area contributed by atoms with Crippen molar-refractivity contribution in [1.82, 2.24) is 5.43 Å². The number of sulfonamides is 1. The molecule has 0 aliphatic rings. The summed E-state index contributed by atoms with van der Waals surface area (Å²) >= 11 is 12.1. The number of hydrogen-bond donors (Lipinski definition) is 1. The van der Waals surface area contributed by atoms with Crippen molar-refractivity contribution in [2.75, 3.05) is 25.1 Å². The third-order valence-electron chi connectivity index (χ3n) is 4.62. The maximum absolute atomic E-state index is 13.3. The fourth-order valence-corrected chi connectivity index (χ4v) is 4.68. The van der Waals surface area contributed by atoms with Crippen molar-refractivity contribution in [1.29, 1.82) is 0 Å². The van der Waals surface area contributed by atoms with E-state index in [4.69, 9.17) is 32.7 Å². The maximum atomic E-state index is 13.3. The Kier molecular flexibility index (Phi) is 8.38. The van der Waals surface area contributed by atoms with Gasteiger partial charge in [0.05, 0.1) is 41.1 Å². The summed E-state index contributed by atoms with van der Waals surface area (Å²) in [6.07, 6.45) is 1.40. The summed E-state index contributed by atoms with van der Waals surface area (Å²) in [5.41, 5.74) is 3.15. The molecule has 34 heavy (non-hydrogen) atoms. The van der Waals surface area contributed by atoms with E-state index in [1.807, 2.05) is 0 Å².